The molecule has 0 unspecified atom stereocenters. The maximum absolute atomic E-state index is 12.3. The van der Waals surface area contributed by atoms with Crippen LogP contribution in [0.5, 0.6) is 11.6 Å². The average molecular weight is 374 g/mol. The quantitative estimate of drug-likeness (QED) is 0.562. The number of nitrogens with zero attached hydrogens (tertiary/aromatic N) is 2. The van der Waals surface area contributed by atoms with Gasteiger partial charge in [0.2, 0.25) is 5.88 Å². The van der Waals surface area contributed by atoms with E-state index in [4.69, 9.17) is 22.7 Å². The second-order valence-corrected chi connectivity index (χ2v) is 6.71. The van der Waals surface area contributed by atoms with Crippen molar-refractivity contribution in [2.45, 2.75) is 37.8 Å². The van der Waals surface area contributed by atoms with Gasteiger partial charge in [0.15, 0.2) is 4.77 Å². The van der Waals surface area contributed by atoms with Crippen LogP contribution in [0.25, 0.3) is 5.69 Å². The average Bonchev–Trinajstić information content (AvgIpc) is 2.63. The molecule has 1 aliphatic rings. The van der Waals surface area contributed by atoms with E-state index in [1.165, 1.54) is 10.8 Å². The Morgan fingerprint density at radius 2 is 2.19 bits per heavy atom. The van der Waals surface area contributed by atoms with E-state index in [0.29, 0.717) is 11.4 Å². The summed E-state index contributed by atoms with van der Waals surface area (Å²) in [5, 5.41) is 10.7. The van der Waals surface area contributed by atoms with E-state index in [2.05, 4.69) is 9.98 Å². The maximum atomic E-state index is 12.3. The summed E-state index contributed by atoms with van der Waals surface area (Å²) in [5.41, 5.74) is 6.24. The predicted octanol–water partition coefficient (Wildman–Crippen LogP) is 2.30. The molecule has 2 aromatic rings. The number of aromatic hydroxyl groups is 1. The van der Waals surface area contributed by atoms with Crippen molar-refractivity contribution in [3.63, 3.8) is 0 Å². The fourth-order valence-corrected chi connectivity index (χ4v) is 3.42. The summed E-state index contributed by atoms with van der Waals surface area (Å²) in [6.45, 7) is 0. The first-order valence-electron chi connectivity index (χ1n) is 8.52. The molecule has 1 fully saturated rings. The Morgan fingerprint density at radius 1 is 1.42 bits per heavy atom. The number of aliphatic imine (C=N–C) groups is 1. The van der Waals surface area contributed by atoms with Gasteiger partial charge in [-0.05, 0) is 37.2 Å². The number of hydrogen-bond acceptors (Lipinski definition) is 6. The highest BCUT2D eigenvalue weighted by molar-refractivity contribution is 7.71. The third-order valence-electron chi connectivity index (χ3n) is 4.61. The first kappa shape index (κ1) is 18.3. The fraction of sp³-hybridized carbons (Fsp3) is 0.389. The number of aromatic nitrogens is 2. The van der Waals surface area contributed by atoms with Crippen LogP contribution in [0.4, 0.5) is 0 Å². The molecular weight excluding hydrogens is 352 g/mol. The van der Waals surface area contributed by atoms with Crippen LogP contribution >= 0.6 is 12.2 Å². The van der Waals surface area contributed by atoms with E-state index < -0.39 is 5.56 Å². The summed E-state index contributed by atoms with van der Waals surface area (Å²) in [6.07, 6.45) is 5.35. The van der Waals surface area contributed by atoms with Crippen molar-refractivity contribution in [1.29, 1.82) is 0 Å². The van der Waals surface area contributed by atoms with E-state index >= 15 is 0 Å². The van der Waals surface area contributed by atoms with Crippen LogP contribution in [0.1, 0.15) is 31.2 Å². The van der Waals surface area contributed by atoms with Gasteiger partial charge in [0, 0.05) is 18.3 Å². The zero-order chi connectivity index (χ0) is 18.7. The van der Waals surface area contributed by atoms with Crippen LogP contribution in [0.2, 0.25) is 0 Å². The van der Waals surface area contributed by atoms with Gasteiger partial charge < -0.3 is 15.6 Å². The first-order chi connectivity index (χ1) is 12.5. The SMILES string of the molecule is COc1cccc(-n2c(O)c(C=N[C@H]3CCCC[C@H]3N)c(=O)[nH]c2=S)c1. The highest BCUT2D eigenvalue weighted by Gasteiger charge is 2.21. The van der Waals surface area contributed by atoms with Gasteiger partial charge in [0.25, 0.3) is 5.56 Å². The van der Waals surface area contributed by atoms with Crippen molar-refractivity contribution in [2.24, 2.45) is 10.7 Å². The second kappa shape index (κ2) is 7.84. The number of aromatic amines is 1. The summed E-state index contributed by atoms with van der Waals surface area (Å²) in [4.78, 5) is 19.3. The second-order valence-electron chi connectivity index (χ2n) is 6.33. The lowest BCUT2D eigenvalue weighted by atomic mass is 9.91. The number of benzene rings is 1. The van der Waals surface area contributed by atoms with Crippen molar-refractivity contribution >= 4 is 18.4 Å². The van der Waals surface area contributed by atoms with Crippen LogP contribution in [0.3, 0.4) is 0 Å². The van der Waals surface area contributed by atoms with Crippen molar-refractivity contribution in [3.8, 4) is 17.3 Å². The van der Waals surface area contributed by atoms with E-state index in [1.54, 1.807) is 31.4 Å². The Balaban J connectivity index is 2.04. The summed E-state index contributed by atoms with van der Waals surface area (Å²) < 4.78 is 6.67. The first-order valence-corrected chi connectivity index (χ1v) is 8.93. The summed E-state index contributed by atoms with van der Waals surface area (Å²) in [5.74, 6) is 0.346. The minimum atomic E-state index is -0.486. The molecule has 1 aliphatic carbocycles. The number of H-pyrrole nitrogens is 1. The van der Waals surface area contributed by atoms with E-state index in [9.17, 15) is 9.90 Å². The van der Waals surface area contributed by atoms with Crippen LogP contribution in [0.15, 0.2) is 34.1 Å². The zero-order valence-electron chi connectivity index (χ0n) is 14.5. The van der Waals surface area contributed by atoms with Crippen molar-refractivity contribution in [1.82, 2.24) is 9.55 Å². The van der Waals surface area contributed by atoms with Crippen LogP contribution in [0, 0.1) is 4.77 Å². The largest absolute Gasteiger partial charge is 0.497 e. The summed E-state index contributed by atoms with van der Waals surface area (Å²) in [7, 11) is 1.55. The van der Waals surface area contributed by atoms with Gasteiger partial charge in [-0.2, -0.15) is 0 Å². The van der Waals surface area contributed by atoms with Crippen LogP contribution in [-0.2, 0) is 0 Å². The zero-order valence-corrected chi connectivity index (χ0v) is 15.3. The molecule has 26 heavy (non-hydrogen) atoms. The summed E-state index contributed by atoms with van der Waals surface area (Å²) >= 11 is 5.22. The van der Waals surface area contributed by atoms with Gasteiger partial charge in [-0.25, -0.2) is 0 Å². The fourth-order valence-electron chi connectivity index (χ4n) is 3.14. The van der Waals surface area contributed by atoms with Crippen molar-refractivity contribution < 1.29 is 9.84 Å². The molecule has 2 atom stereocenters. The molecule has 0 bridgehead atoms. The molecule has 7 nitrogen and oxygen atoms in total. The van der Waals surface area contributed by atoms with Crippen molar-refractivity contribution in [3.05, 3.63) is 45.0 Å². The third kappa shape index (κ3) is 3.71. The lowest BCUT2D eigenvalue weighted by Crippen LogP contribution is -2.36. The number of hydrogen-bond donors (Lipinski definition) is 3. The third-order valence-corrected chi connectivity index (χ3v) is 4.89. The highest BCUT2D eigenvalue weighted by atomic mass is 32.1. The van der Waals surface area contributed by atoms with Gasteiger partial charge in [-0.3, -0.25) is 19.3 Å². The maximum Gasteiger partial charge on any atom is 0.264 e. The van der Waals surface area contributed by atoms with Gasteiger partial charge in [0.05, 0.1) is 18.8 Å². The molecule has 0 radical (unpaired) electrons. The van der Waals surface area contributed by atoms with Crippen molar-refractivity contribution in [2.75, 3.05) is 7.11 Å². The van der Waals surface area contributed by atoms with Gasteiger partial charge in [0.1, 0.15) is 11.3 Å². The number of rotatable bonds is 4. The number of nitrogens with one attached hydrogen (secondary N) is 1. The Bertz CT molecular complexity index is 935. The molecule has 4 N–H and O–H groups in total. The Morgan fingerprint density at radius 3 is 2.92 bits per heavy atom. The number of ether oxygens (including phenoxy) is 1. The molecule has 1 aromatic carbocycles. The minimum Gasteiger partial charge on any atom is -0.497 e. The standard InChI is InChI=1S/C18H22N4O3S/c1-25-12-6-4-5-11(9-12)22-17(24)13(16(23)21-18(22)26)10-20-15-8-3-2-7-14(15)19/h4-6,9-10,14-15,24H,2-3,7-8,19H2,1H3,(H,21,23,26)/t14-,15+/m1/s1. The lowest BCUT2D eigenvalue weighted by Gasteiger charge is -2.25. The molecule has 3 rings (SSSR count). The monoisotopic (exact) mass is 374 g/mol. The number of nitrogens with two attached hydrogens (primary N) is 1. The smallest absolute Gasteiger partial charge is 0.264 e. The Hall–Kier alpha value is -2.45. The molecule has 0 saturated heterocycles. The summed E-state index contributed by atoms with van der Waals surface area (Å²) in [6, 6.07) is 6.96. The topological polar surface area (TPSA) is 106 Å². The van der Waals surface area contributed by atoms with E-state index in [0.717, 1.165) is 25.7 Å². The molecular formula is C18H22N4O3S. The molecule has 138 valence electrons. The number of methoxy groups -OCH3 is 1. The molecule has 8 heteroatoms. The normalized spacial score (nSPS) is 20.4. The van der Waals surface area contributed by atoms with Gasteiger partial charge >= 0.3 is 0 Å². The molecule has 1 saturated carbocycles. The minimum absolute atomic E-state index is 0.0232. The van der Waals surface area contributed by atoms with E-state index in [-0.39, 0.29) is 28.3 Å². The molecule has 1 aromatic heterocycles. The van der Waals surface area contributed by atoms with Gasteiger partial charge in [-0.1, -0.05) is 18.9 Å². The molecule has 1 heterocycles. The molecule has 0 spiro atoms. The van der Waals surface area contributed by atoms with Gasteiger partial charge in [-0.15, -0.1) is 0 Å². The lowest BCUT2D eigenvalue weighted by molar-refractivity contribution is 0.387. The van der Waals surface area contributed by atoms with Crippen LogP contribution < -0.4 is 16.0 Å². The Labute approximate surface area is 156 Å². The predicted molar refractivity (Wildman–Crippen MR) is 103 cm³/mol. The van der Waals surface area contributed by atoms with Crippen LogP contribution in [-0.4, -0.2) is 40.1 Å². The molecule has 0 aliphatic heterocycles. The molecule has 0 amide bonds. The highest BCUT2D eigenvalue weighted by Crippen LogP contribution is 2.23. The Kier molecular flexibility index (Phi) is 5.53. The van der Waals surface area contributed by atoms with E-state index in [1.807, 2.05) is 0 Å².